The van der Waals surface area contributed by atoms with E-state index in [4.69, 9.17) is 15.3 Å². The molecular formula is C22H27N9O. The molecule has 1 saturated carbocycles. The summed E-state index contributed by atoms with van der Waals surface area (Å²) < 4.78 is 1.85. The molecular weight excluding hydrogens is 406 g/mol. The number of amides is 1. The summed E-state index contributed by atoms with van der Waals surface area (Å²) in [5.74, 6) is 2.04. The largest absolute Gasteiger partial charge is 0.342 e. The van der Waals surface area contributed by atoms with Crippen molar-refractivity contribution in [3.63, 3.8) is 0 Å². The maximum atomic E-state index is 12.2. The molecule has 2 unspecified atom stereocenters. The third kappa shape index (κ3) is 3.64. The maximum Gasteiger partial charge on any atom is 0.245 e. The van der Waals surface area contributed by atoms with Crippen molar-refractivity contribution in [2.75, 3.05) is 30.4 Å². The van der Waals surface area contributed by atoms with Gasteiger partial charge in [0.15, 0.2) is 11.6 Å². The predicted octanol–water partition coefficient (Wildman–Crippen LogP) is 2.63. The molecule has 2 fully saturated rings. The van der Waals surface area contributed by atoms with E-state index >= 15 is 0 Å². The van der Waals surface area contributed by atoms with Gasteiger partial charge in [0.05, 0.1) is 6.07 Å². The van der Waals surface area contributed by atoms with Gasteiger partial charge in [0.1, 0.15) is 11.9 Å². The predicted molar refractivity (Wildman–Crippen MR) is 119 cm³/mol. The molecule has 3 aromatic heterocycles. The number of nitrogens with zero attached hydrogens (tertiary/aromatic N) is 7. The van der Waals surface area contributed by atoms with E-state index in [-0.39, 0.29) is 23.8 Å². The van der Waals surface area contributed by atoms with Gasteiger partial charge in [0.25, 0.3) is 0 Å². The summed E-state index contributed by atoms with van der Waals surface area (Å²) in [6.07, 6.45) is 5.93. The van der Waals surface area contributed by atoms with Crippen LogP contribution >= 0.6 is 0 Å². The number of aromatic nitrogens is 5. The summed E-state index contributed by atoms with van der Waals surface area (Å²) in [5.41, 5.74) is 2.03. The number of aromatic amines is 1. The second-order valence-corrected chi connectivity index (χ2v) is 9.07. The zero-order valence-corrected chi connectivity index (χ0v) is 18.4. The summed E-state index contributed by atoms with van der Waals surface area (Å²) >= 11 is 0. The Morgan fingerprint density at radius 3 is 3.12 bits per heavy atom. The van der Waals surface area contributed by atoms with Crippen LogP contribution in [0.3, 0.4) is 0 Å². The van der Waals surface area contributed by atoms with E-state index in [1.807, 2.05) is 49.0 Å². The molecule has 1 amide bonds. The highest BCUT2D eigenvalue weighted by molar-refractivity contribution is 5.78. The number of carbonyl (C=O) groups is 1. The van der Waals surface area contributed by atoms with Gasteiger partial charge in [-0.05, 0) is 50.2 Å². The Labute approximate surface area is 186 Å². The van der Waals surface area contributed by atoms with Crippen LogP contribution in [0.4, 0.5) is 17.6 Å². The standard InChI is InChI=1S/C22H27N9O/c1-15-12-18(27-26-15)24-20-17-4-3-10-31(17)28-21(25-20)30-11-8-22(14-30)7-5-16(13-22)29(2)19(32)6-9-23/h3-4,10,12,16H,5-8,11,13-14H2,1-2H3,(H2,24,25,26,27,28). The van der Waals surface area contributed by atoms with Crippen molar-refractivity contribution in [2.24, 2.45) is 5.41 Å². The Morgan fingerprint density at radius 2 is 2.34 bits per heavy atom. The van der Waals surface area contributed by atoms with Gasteiger partial charge in [-0.3, -0.25) is 9.89 Å². The highest BCUT2D eigenvalue weighted by Gasteiger charge is 2.46. The fourth-order valence-electron chi connectivity index (χ4n) is 5.13. The normalized spacial score (nSPS) is 22.5. The lowest BCUT2D eigenvalue weighted by Gasteiger charge is -2.27. The molecule has 2 aliphatic rings. The average molecular weight is 434 g/mol. The first-order chi connectivity index (χ1) is 15.5. The second-order valence-electron chi connectivity index (χ2n) is 9.07. The minimum absolute atomic E-state index is 0.0534. The fourth-order valence-corrected chi connectivity index (χ4v) is 5.13. The molecule has 0 aromatic carbocycles. The summed E-state index contributed by atoms with van der Waals surface area (Å²) in [4.78, 5) is 21.0. The van der Waals surface area contributed by atoms with Gasteiger partial charge < -0.3 is 15.1 Å². The summed E-state index contributed by atoms with van der Waals surface area (Å²) in [5, 5.41) is 24.1. The molecule has 0 radical (unpaired) electrons. The summed E-state index contributed by atoms with van der Waals surface area (Å²) in [6.45, 7) is 3.72. The molecule has 166 valence electrons. The van der Waals surface area contributed by atoms with Crippen molar-refractivity contribution in [1.29, 1.82) is 5.26 Å². The molecule has 5 rings (SSSR count). The van der Waals surface area contributed by atoms with E-state index in [0.717, 1.165) is 61.6 Å². The van der Waals surface area contributed by atoms with Crippen molar-refractivity contribution in [3.05, 3.63) is 30.1 Å². The highest BCUT2D eigenvalue weighted by atomic mass is 16.2. The molecule has 4 heterocycles. The first kappa shape index (κ1) is 20.3. The van der Waals surface area contributed by atoms with Crippen molar-refractivity contribution in [2.45, 2.75) is 45.1 Å². The number of rotatable bonds is 5. The van der Waals surface area contributed by atoms with Crippen molar-refractivity contribution in [3.8, 4) is 6.07 Å². The lowest BCUT2D eigenvalue weighted by Crippen LogP contribution is -2.36. The number of hydrogen-bond donors (Lipinski definition) is 2. The van der Waals surface area contributed by atoms with Gasteiger partial charge in [0.2, 0.25) is 11.9 Å². The van der Waals surface area contributed by atoms with Gasteiger partial charge in [0, 0.05) is 44.1 Å². The molecule has 1 aliphatic heterocycles. The Kier molecular flexibility index (Phi) is 4.96. The van der Waals surface area contributed by atoms with Crippen LogP contribution in [0.25, 0.3) is 5.52 Å². The maximum absolute atomic E-state index is 12.2. The lowest BCUT2D eigenvalue weighted by atomic mass is 9.85. The van der Waals surface area contributed by atoms with Crippen molar-refractivity contribution < 1.29 is 4.79 Å². The number of nitrogens with one attached hydrogen (secondary N) is 2. The zero-order valence-electron chi connectivity index (χ0n) is 18.4. The summed E-state index contributed by atoms with van der Waals surface area (Å²) in [6, 6.07) is 8.04. The van der Waals surface area contributed by atoms with Gasteiger partial charge in [-0.1, -0.05) is 0 Å². The molecule has 1 spiro atoms. The Bertz CT molecular complexity index is 1190. The Balaban J connectivity index is 1.35. The van der Waals surface area contributed by atoms with E-state index in [1.54, 1.807) is 4.90 Å². The van der Waals surface area contributed by atoms with Crippen LogP contribution in [0.2, 0.25) is 0 Å². The number of fused-ring (bicyclic) bond motifs is 1. The molecule has 10 heteroatoms. The van der Waals surface area contributed by atoms with E-state index < -0.39 is 0 Å². The van der Waals surface area contributed by atoms with Gasteiger partial charge in [-0.2, -0.15) is 15.3 Å². The molecule has 10 nitrogen and oxygen atoms in total. The third-order valence-corrected chi connectivity index (χ3v) is 6.90. The smallest absolute Gasteiger partial charge is 0.245 e. The van der Waals surface area contributed by atoms with E-state index in [2.05, 4.69) is 20.4 Å². The molecule has 2 N–H and O–H groups in total. The van der Waals surface area contributed by atoms with Crippen LogP contribution in [0.5, 0.6) is 0 Å². The molecule has 0 bridgehead atoms. The lowest BCUT2D eigenvalue weighted by molar-refractivity contribution is -0.130. The number of carbonyl (C=O) groups excluding carboxylic acids is 1. The zero-order chi connectivity index (χ0) is 22.3. The minimum atomic E-state index is -0.0879. The van der Waals surface area contributed by atoms with Crippen LogP contribution < -0.4 is 10.2 Å². The molecule has 32 heavy (non-hydrogen) atoms. The van der Waals surface area contributed by atoms with Crippen molar-refractivity contribution >= 4 is 29.0 Å². The quantitative estimate of drug-likeness (QED) is 0.635. The third-order valence-electron chi connectivity index (χ3n) is 6.90. The van der Waals surface area contributed by atoms with Crippen LogP contribution in [-0.4, -0.2) is 61.8 Å². The molecule has 3 aromatic rings. The molecule has 1 aliphatic carbocycles. The van der Waals surface area contributed by atoms with E-state index in [0.29, 0.717) is 5.95 Å². The Morgan fingerprint density at radius 1 is 1.47 bits per heavy atom. The van der Waals surface area contributed by atoms with Crippen LogP contribution in [0.1, 0.15) is 37.8 Å². The average Bonchev–Trinajstić information content (AvgIpc) is 3.56. The second kappa shape index (κ2) is 7.82. The molecule has 1 saturated heterocycles. The van der Waals surface area contributed by atoms with Gasteiger partial charge in [-0.25, -0.2) is 4.52 Å². The number of anilines is 3. The van der Waals surface area contributed by atoms with E-state index in [9.17, 15) is 4.79 Å². The minimum Gasteiger partial charge on any atom is -0.342 e. The van der Waals surface area contributed by atoms with Gasteiger partial charge >= 0.3 is 0 Å². The van der Waals surface area contributed by atoms with Crippen LogP contribution in [0, 0.1) is 23.7 Å². The topological polar surface area (TPSA) is 118 Å². The number of nitriles is 1. The van der Waals surface area contributed by atoms with Crippen LogP contribution in [0.15, 0.2) is 24.4 Å². The fraction of sp³-hybridized carbons (Fsp3) is 0.500. The molecule has 2 atom stereocenters. The van der Waals surface area contributed by atoms with Crippen LogP contribution in [-0.2, 0) is 4.79 Å². The Hall–Kier alpha value is -3.61. The SMILES string of the molecule is Cc1cc(Nc2nc(N3CCC4(CCC(N(C)C(=O)CC#N)C4)C3)nn3cccc23)n[nH]1. The number of aryl methyl sites for hydroxylation is 1. The first-order valence-electron chi connectivity index (χ1n) is 11.0. The van der Waals surface area contributed by atoms with Crippen molar-refractivity contribution in [1.82, 2.24) is 29.7 Å². The van der Waals surface area contributed by atoms with Gasteiger partial charge in [-0.15, -0.1) is 5.10 Å². The highest BCUT2D eigenvalue weighted by Crippen LogP contribution is 2.47. The number of hydrogen-bond acceptors (Lipinski definition) is 7. The van der Waals surface area contributed by atoms with E-state index in [1.165, 1.54) is 0 Å². The number of H-pyrrole nitrogens is 1. The first-order valence-corrected chi connectivity index (χ1v) is 11.0. The monoisotopic (exact) mass is 433 g/mol. The summed E-state index contributed by atoms with van der Waals surface area (Å²) in [7, 11) is 1.83.